The molecule has 63 heavy (non-hydrogen) atoms. The van der Waals surface area contributed by atoms with Crippen molar-refractivity contribution < 1.29 is 66.0 Å². The number of fused-ring (bicyclic) bond motifs is 3. The normalized spacial score (nSPS) is 27.7. The fraction of sp³-hybridized carbons (Fsp3) is 0.537. The lowest BCUT2D eigenvalue weighted by Crippen LogP contribution is -2.63. The minimum Gasteiger partial charge on any atom is -0.458 e. The maximum atomic E-state index is 14.9. The number of esters is 1. The number of ether oxygens (including phenoxy) is 1. The molecule has 6 N–H and O–H groups in total. The highest BCUT2D eigenvalue weighted by molar-refractivity contribution is 7.46. The molecule has 4 aliphatic rings. The van der Waals surface area contributed by atoms with E-state index in [1.807, 2.05) is 6.92 Å². The van der Waals surface area contributed by atoms with E-state index in [4.69, 9.17) is 9.26 Å². The maximum Gasteiger partial charge on any atom is 0.469 e. The predicted octanol–water partition coefficient (Wildman–Crippen LogP) is 1.64. The monoisotopic (exact) mass is 903 g/mol. The van der Waals surface area contributed by atoms with E-state index in [0.29, 0.717) is 24.6 Å². The number of carbonyl (C=O) groups excluding carboxylic acids is 7. The van der Waals surface area contributed by atoms with Gasteiger partial charge in [-0.3, -0.25) is 28.5 Å². The smallest absolute Gasteiger partial charge is 0.458 e. The molecule has 4 heterocycles. The molecule has 6 rings (SSSR count). The lowest BCUT2D eigenvalue weighted by Gasteiger charge is -2.39. The zero-order chi connectivity index (χ0) is 45.9. The van der Waals surface area contributed by atoms with E-state index in [1.54, 1.807) is 31.2 Å². The maximum absolute atomic E-state index is 14.9. The summed E-state index contributed by atoms with van der Waals surface area (Å²) in [4.78, 5) is 122. The van der Waals surface area contributed by atoms with Gasteiger partial charge in [0.2, 0.25) is 29.5 Å². The second-order valence-electron chi connectivity index (χ2n) is 16.7. The Morgan fingerprint density at radius 1 is 0.889 bits per heavy atom. The van der Waals surface area contributed by atoms with Gasteiger partial charge in [-0.15, -0.1) is 0 Å². The lowest BCUT2D eigenvalue weighted by molar-refractivity contribution is -0.163. The molecule has 2 aromatic rings. The van der Waals surface area contributed by atoms with Crippen LogP contribution in [-0.2, 0) is 49.0 Å². The molecule has 0 aromatic heterocycles. The fourth-order valence-electron chi connectivity index (χ4n) is 8.62. The summed E-state index contributed by atoms with van der Waals surface area (Å²) in [7, 11) is -5.20. The van der Waals surface area contributed by atoms with Crippen LogP contribution in [0.3, 0.4) is 0 Å². The summed E-state index contributed by atoms with van der Waals surface area (Å²) in [5.74, 6) is -7.34. The van der Waals surface area contributed by atoms with Gasteiger partial charge < -0.3 is 50.5 Å². The summed E-state index contributed by atoms with van der Waals surface area (Å²) >= 11 is 0. The summed E-state index contributed by atoms with van der Waals surface area (Å²) in [6.07, 6.45) is -2.64. The van der Waals surface area contributed by atoms with Crippen molar-refractivity contribution in [2.24, 2.45) is 5.92 Å². The zero-order valence-electron chi connectivity index (χ0n) is 35.1. The fourth-order valence-corrected chi connectivity index (χ4v) is 9.16. The molecule has 0 bridgehead atoms. The van der Waals surface area contributed by atoms with Crippen LogP contribution in [0.25, 0.3) is 0 Å². The zero-order valence-corrected chi connectivity index (χ0v) is 36.0. The van der Waals surface area contributed by atoms with Gasteiger partial charge in [-0.25, -0.2) is 22.9 Å². The minimum atomic E-state index is -5.20. The Labute approximate surface area is 361 Å². The third kappa shape index (κ3) is 11.6. The van der Waals surface area contributed by atoms with E-state index in [9.17, 15) is 56.7 Å². The minimum absolute atomic E-state index is 0.0559. The van der Waals surface area contributed by atoms with Gasteiger partial charge in [0, 0.05) is 44.2 Å². The van der Waals surface area contributed by atoms with Crippen LogP contribution in [0, 0.1) is 24.5 Å². The molecule has 4 fully saturated rings. The summed E-state index contributed by atoms with van der Waals surface area (Å²) in [6.45, 7) is 5.92. The van der Waals surface area contributed by atoms with Gasteiger partial charge in [-0.1, -0.05) is 24.6 Å². The number of nitrogens with zero attached hydrogens (tertiary/aromatic N) is 3. The predicted molar refractivity (Wildman–Crippen MR) is 218 cm³/mol. The summed E-state index contributed by atoms with van der Waals surface area (Å²) in [6, 6.07) is -0.303. The van der Waals surface area contributed by atoms with E-state index in [2.05, 4.69) is 21.3 Å². The van der Waals surface area contributed by atoms with Crippen molar-refractivity contribution in [1.82, 2.24) is 30.7 Å². The number of rotatable bonds is 8. The first-order chi connectivity index (χ1) is 29.7. The Morgan fingerprint density at radius 2 is 1.56 bits per heavy atom. The molecule has 0 saturated carbocycles. The van der Waals surface area contributed by atoms with Crippen LogP contribution in [0.15, 0.2) is 42.5 Å². The molecular formula is C41H52F2N7O12P. The Bertz CT molecular complexity index is 2140. The van der Waals surface area contributed by atoms with Crippen LogP contribution in [0.4, 0.5) is 19.3 Å². The number of benzene rings is 2. The van der Waals surface area contributed by atoms with Crippen LogP contribution < -0.4 is 21.3 Å². The van der Waals surface area contributed by atoms with Gasteiger partial charge in [0.25, 0.3) is 0 Å². The van der Waals surface area contributed by atoms with E-state index in [-0.39, 0.29) is 37.4 Å². The topological polar surface area (TPSA) is 253 Å². The van der Waals surface area contributed by atoms with Gasteiger partial charge in [0.15, 0.2) is 0 Å². The third-order valence-corrected chi connectivity index (χ3v) is 12.2. The van der Waals surface area contributed by atoms with Crippen molar-refractivity contribution in [3.8, 4) is 0 Å². The molecule has 2 aromatic carbocycles. The average molecular weight is 904 g/mol. The number of phosphoric ester groups is 1. The van der Waals surface area contributed by atoms with Gasteiger partial charge >= 0.3 is 19.8 Å². The number of aryl methyl sites for hydroxylation is 1. The van der Waals surface area contributed by atoms with Crippen LogP contribution in [0.2, 0.25) is 0 Å². The van der Waals surface area contributed by atoms with Crippen molar-refractivity contribution >= 4 is 55.0 Å². The van der Waals surface area contributed by atoms with E-state index >= 15 is 0 Å². The molecule has 4 saturated heterocycles. The molecule has 4 aliphatic heterocycles. The number of piperidine rings is 1. The molecule has 0 spiro atoms. The number of nitrogens with one attached hydrogen (secondary N) is 4. The summed E-state index contributed by atoms with van der Waals surface area (Å²) in [5, 5.41) is 10.2. The Balaban J connectivity index is 1.39. The van der Waals surface area contributed by atoms with Gasteiger partial charge in [-0.05, 0) is 82.2 Å². The van der Waals surface area contributed by atoms with Gasteiger partial charge in [0.1, 0.15) is 54.0 Å². The van der Waals surface area contributed by atoms with E-state index in [1.165, 1.54) is 23.6 Å². The molecule has 7 amide bonds. The van der Waals surface area contributed by atoms with Crippen molar-refractivity contribution in [2.75, 3.05) is 25.0 Å². The summed E-state index contributed by atoms with van der Waals surface area (Å²) in [5.41, 5.74) is 1.15. The number of hydrogen-bond donors (Lipinski definition) is 6. The molecule has 22 heteroatoms. The van der Waals surface area contributed by atoms with Crippen LogP contribution in [0.5, 0.6) is 0 Å². The average Bonchev–Trinajstić information content (AvgIpc) is 3.81. The second kappa shape index (κ2) is 19.5. The number of carbonyl (C=O) groups is 7. The Hall–Kier alpha value is -5.50. The first-order valence-corrected chi connectivity index (χ1v) is 22.3. The molecular weight excluding hydrogens is 851 g/mol. The van der Waals surface area contributed by atoms with Crippen LogP contribution >= 0.6 is 7.82 Å². The van der Waals surface area contributed by atoms with Crippen molar-refractivity contribution in [3.05, 3.63) is 65.2 Å². The molecule has 9 atom stereocenters. The number of urea groups is 1. The molecule has 19 nitrogen and oxygen atoms in total. The van der Waals surface area contributed by atoms with Crippen LogP contribution in [0.1, 0.15) is 64.0 Å². The lowest BCUT2D eigenvalue weighted by atomic mass is 9.98. The van der Waals surface area contributed by atoms with Crippen molar-refractivity contribution in [2.45, 2.75) is 115 Å². The largest absolute Gasteiger partial charge is 0.469 e. The SMILES string of the molecule is Cc1ccc(NC(=O)N[C@@H](Cc2cc(F)cc(F)c2)C(=O)N[C@@H]2C(=O)N3C[C@@H](OP(=O)(O)O)C[C@H]3C(=O)N3CCCC[C@H]3C(=O)N[C@@H](C)C(=O)N3C[C@H](C)C[C@H]3C(=O)O[C@H]2C)cc1. The molecule has 0 unspecified atom stereocenters. The van der Waals surface area contributed by atoms with Gasteiger partial charge in [-0.2, -0.15) is 0 Å². The number of amides is 7. The highest BCUT2D eigenvalue weighted by atomic mass is 31.2. The van der Waals surface area contributed by atoms with E-state index in [0.717, 1.165) is 22.6 Å². The van der Waals surface area contributed by atoms with E-state index < -0.39 is 129 Å². The number of cyclic esters (lactones) is 1. The number of halogens is 2. The number of hydrogen-bond acceptors (Lipinski definition) is 10. The number of anilines is 1. The quantitative estimate of drug-likeness (QED) is 0.163. The van der Waals surface area contributed by atoms with Crippen molar-refractivity contribution in [3.63, 3.8) is 0 Å². The number of phosphoric acid groups is 1. The Morgan fingerprint density at radius 3 is 2.22 bits per heavy atom. The second-order valence-corrected chi connectivity index (χ2v) is 17.9. The van der Waals surface area contributed by atoms with Crippen LogP contribution in [-0.4, -0.2) is 134 Å². The molecule has 0 aliphatic carbocycles. The first-order valence-electron chi connectivity index (χ1n) is 20.7. The van der Waals surface area contributed by atoms with Gasteiger partial charge in [0.05, 0.1) is 6.10 Å². The highest BCUT2D eigenvalue weighted by Gasteiger charge is 2.50. The highest BCUT2D eigenvalue weighted by Crippen LogP contribution is 2.41. The van der Waals surface area contributed by atoms with Crippen molar-refractivity contribution in [1.29, 1.82) is 0 Å². The molecule has 342 valence electrons. The standard InChI is InChI=1S/C41H52F2N7O12P/c1-21-8-10-28(11-9-21)45-41(57)46-30(16-25-14-26(42)17-27(43)15-25)35(51)47-34-24(4)61-40(56)33-13-22(2)19-49(33)37(53)23(3)44-36(52)31-7-5-6-12-48(31)38(54)32-18-29(62-63(58,59)60)20-50(32)39(34)55/h8-11,14-15,17,22-24,29-34H,5-7,12-13,16,18-20H2,1-4H3,(H,44,52)(H,47,51)(H2,45,46,57)(H2,58,59,60)/t22-,23+,24+,29+,30+,31+,32+,33+,34+/m1/s1. The third-order valence-electron chi connectivity index (χ3n) is 11.6. The first kappa shape index (κ1) is 47.0. The summed E-state index contributed by atoms with van der Waals surface area (Å²) < 4.78 is 51.6. The Kier molecular flexibility index (Phi) is 14.5. The molecule has 0 radical (unpaired) electrons.